The number of rotatable bonds is 9. The molecule has 1 heterocycles. The zero-order valence-corrected chi connectivity index (χ0v) is 13.9. The molecule has 0 saturated carbocycles. The van der Waals surface area contributed by atoms with E-state index in [0.29, 0.717) is 12.4 Å². The van der Waals surface area contributed by atoms with Crippen LogP contribution in [0.25, 0.3) is 0 Å². The van der Waals surface area contributed by atoms with E-state index < -0.39 is 4.92 Å². The van der Waals surface area contributed by atoms with Crippen molar-refractivity contribution in [3.63, 3.8) is 0 Å². The Balaban J connectivity index is 0.00000400. The Kier molecular flexibility index (Phi) is 9.48. The molecule has 0 fully saturated rings. The van der Waals surface area contributed by atoms with Crippen LogP contribution in [0.2, 0.25) is 0 Å². The topological polar surface area (TPSA) is 83.6 Å². The largest absolute Gasteiger partial charge is 0.445 e. The summed E-state index contributed by atoms with van der Waals surface area (Å²) in [5.41, 5.74) is 0. The number of hydrogen-bond donors (Lipinski definition) is 2. The Morgan fingerprint density at radius 1 is 1.52 bits per heavy atom. The monoisotopic (exact) mass is 336 g/mol. The van der Waals surface area contributed by atoms with Crippen LogP contribution in [0.1, 0.15) is 5.76 Å². The summed E-state index contributed by atoms with van der Waals surface area (Å²) in [6.45, 7) is 0.645. The number of thioether (sulfide) groups is 1. The average molecular weight is 337 g/mol. The summed E-state index contributed by atoms with van der Waals surface area (Å²) in [4.78, 5) is 11.8. The third-order valence-corrected chi connectivity index (χ3v) is 3.38. The molecule has 0 saturated heterocycles. The molecule has 9 heteroatoms. The van der Waals surface area contributed by atoms with Crippen LogP contribution in [0.5, 0.6) is 0 Å². The fourth-order valence-electron chi connectivity index (χ4n) is 1.42. The molecule has 0 aliphatic carbocycles. The zero-order valence-electron chi connectivity index (χ0n) is 12.3. The molecule has 7 nitrogen and oxygen atoms in total. The van der Waals surface area contributed by atoms with E-state index in [0.717, 1.165) is 29.4 Å². The van der Waals surface area contributed by atoms with Gasteiger partial charge in [0.1, 0.15) is 5.76 Å². The van der Waals surface area contributed by atoms with Gasteiger partial charge in [0.25, 0.3) is 6.20 Å². The van der Waals surface area contributed by atoms with Gasteiger partial charge >= 0.3 is 0 Å². The molecule has 1 aromatic heterocycles. The summed E-state index contributed by atoms with van der Waals surface area (Å²) < 4.78 is 5.62. The number of nitrogens with one attached hydrogen (secondary N) is 2. The highest BCUT2D eigenvalue weighted by molar-refractivity contribution is 7.98. The minimum atomic E-state index is -0.488. The maximum Gasteiger partial charge on any atom is 0.274 e. The van der Waals surface area contributed by atoms with Gasteiger partial charge in [0, 0.05) is 39.5 Å². The van der Waals surface area contributed by atoms with E-state index in [-0.39, 0.29) is 12.4 Å². The van der Waals surface area contributed by atoms with E-state index in [1.165, 1.54) is 0 Å². The third-order valence-electron chi connectivity index (χ3n) is 2.40. The summed E-state index contributed by atoms with van der Waals surface area (Å²) >= 11 is 1.70. The van der Waals surface area contributed by atoms with Crippen molar-refractivity contribution in [2.24, 2.45) is 0 Å². The van der Waals surface area contributed by atoms with Crippen LogP contribution in [-0.4, -0.2) is 38.4 Å². The lowest BCUT2D eigenvalue weighted by molar-refractivity contribution is -0.404. The predicted molar refractivity (Wildman–Crippen MR) is 88.6 cm³/mol. The highest BCUT2D eigenvalue weighted by Gasteiger charge is 2.04. The Morgan fingerprint density at radius 2 is 2.24 bits per heavy atom. The van der Waals surface area contributed by atoms with Crippen LogP contribution < -0.4 is 15.5 Å². The van der Waals surface area contributed by atoms with Crippen molar-refractivity contribution >= 4 is 30.1 Å². The summed E-state index contributed by atoms with van der Waals surface area (Å²) in [5, 5.41) is 16.0. The highest BCUT2D eigenvalue weighted by atomic mass is 35.5. The van der Waals surface area contributed by atoms with Gasteiger partial charge in [0.2, 0.25) is 0 Å². The molecule has 21 heavy (non-hydrogen) atoms. The van der Waals surface area contributed by atoms with Crippen LogP contribution in [-0.2, 0) is 5.75 Å². The molecule has 0 atom stereocenters. The van der Waals surface area contributed by atoms with E-state index in [9.17, 15) is 10.1 Å². The minimum absolute atomic E-state index is 0. The summed E-state index contributed by atoms with van der Waals surface area (Å²) in [6.07, 6.45) is 0.917. The molecular weight excluding hydrogens is 316 g/mol. The maximum atomic E-state index is 10.3. The average Bonchev–Trinajstić information content (AvgIpc) is 2.85. The predicted octanol–water partition coefficient (Wildman–Crippen LogP) is 1.89. The van der Waals surface area contributed by atoms with E-state index in [2.05, 4.69) is 10.6 Å². The molecule has 0 aliphatic rings. The number of halogens is 1. The molecule has 1 aromatic rings. The molecule has 1 rings (SSSR count). The van der Waals surface area contributed by atoms with Crippen molar-refractivity contribution < 1.29 is 9.34 Å². The van der Waals surface area contributed by atoms with Gasteiger partial charge in [-0.3, -0.25) is 10.1 Å². The van der Waals surface area contributed by atoms with Gasteiger partial charge in [-0.05, 0) is 6.07 Å². The van der Waals surface area contributed by atoms with Crippen LogP contribution in [0.3, 0.4) is 0 Å². The van der Waals surface area contributed by atoms with Crippen LogP contribution in [0, 0.1) is 10.1 Å². The molecule has 0 bridgehead atoms. The lowest BCUT2D eigenvalue weighted by Crippen LogP contribution is -2.26. The fourth-order valence-corrected chi connectivity index (χ4v) is 2.17. The smallest absolute Gasteiger partial charge is 0.274 e. The molecule has 120 valence electrons. The fraction of sp³-hybridized carbons (Fsp3) is 0.500. The number of hydrogen-bond acceptors (Lipinski definition) is 7. The summed E-state index contributed by atoms with van der Waals surface area (Å²) in [6, 6.07) is 3.90. The lowest BCUT2D eigenvalue weighted by Gasteiger charge is -2.08. The van der Waals surface area contributed by atoms with E-state index in [1.54, 1.807) is 18.8 Å². The molecule has 0 amide bonds. The quantitative estimate of drug-likeness (QED) is 0.404. The Labute approximate surface area is 134 Å². The number of nitro groups is 1. The van der Waals surface area contributed by atoms with E-state index in [4.69, 9.17) is 4.42 Å². The normalized spacial score (nSPS) is 10.7. The van der Waals surface area contributed by atoms with E-state index >= 15 is 0 Å². The van der Waals surface area contributed by atoms with Crippen molar-refractivity contribution in [2.45, 2.75) is 5.75 Å². The summed E-state index contributed by atoms with van der Waals surface area (Å²) in [7, 11) is 5.50. The van der Waals surface area contributed by atoms with Crippen molar-refractivity contribution in [3.8, 4) is 0 Å². The molecular formula is C12H21ClN4O3S. The molecule has 0 radical (unpaired) electrons. The first-order valence-electron chi connectivity index (χ1n) is 6.13. The lowest BCUT2D eigenvalue weighted by atomic mass is 10.5. The van der Waals surface area contributed by atoms with Gasteiger partial charge in [-0.1, -0.05) is 0 Å². The Hall–Kier alpha value is -1.54. The molecule has 0 aromatic carbocycles. The molecule has 2 N–H and O–H groups in total. The van der Waals surface area contributed by atoms with Gasteiger partial charge in [-0.25, -0.2) is 0 Å². The summed E-state index contributed by atoms with van der Waals surface area (Å²) in [5.74, 6) is 3.78. The van der Waals surface area contributed by atoms with Gasteiger partial charge in [0.15, 0.2) is 11.7 Å². The van der Waals surface area contributed by atoms with Crippen molar-refractivity contribution in [3.05, 3.63) is 40.0 Å². The second-order valence-corrected chi connectivity index (χ2v) is 5.30. The van der Waals surface area contributed by atoms with Crippen LogP contribution in [0.4, 0.5) is 5.88 Å². The van der Waals surface area contributed by atoms with Gasteiger partial charge in [-0.2, -0.15) is 11.8 Å². The van der Waals surface area contributed by atoms with Crippen LogP contribution >= 0.6 is 24.2 Å². The Morgan fingerprint density at radius 3 is 2.76 bits per heavy atom. The second kappa shape index (κ2) is 10.2. The first kappa shape index (κ1) is 19.5. The molecule has 0 spiro atoms. The first-order valence-corrected chi connectivity index (χ1v) is 7.29. The maximum absolute atomic E-state index is 10.3. The highest BCUT2D eigenvalue weighted by Crippen LogP contribution is 2.19. The Bertz CT molecular complexity index is 465. The standard InChI is InChI=1S/C12H20N4O3S.ClH/c1-13-11(8-16(17)18)14-6-7-20-9-10-4-5-12(19-10)15(2)3;/h4-5,8,13-14H,6-7,9H2,1-3H3;1H/b11-8+;. The van der Waals surface area contributed by atoms with Gasteiger partial charge in [-0.15, -0.1) is 12.4 Å². The van der Waals surface area contributed by atoms with Crippen molar-refractivity contribution in [1.82, 2.24) is 10.6 Å². The van der Waals surface area contributed by atoms with Crippen LogP contribution in [0.15, 0.2) is 28.6 Å². The SMILES string of the molecule is CN/C(=C\[N+](=O)[O-])NCCSCc1ccc(N(C)C)o1.Cl. The minimum Gasteiger partial charge on any atom is -0.445 e. The first-order chi connectivity index (χ1) is 9.52. The molecule has 0 unspecified atom stereocenters. The number of furan rings is 1. The van der Waals surface area contributed by atoms with E-state index in [1.807, 2.05) is 31.1 Å². The zero-order chi connectivity index (χ0) is 15.0. The number of nitrogens with zero attached hydrogens (tertiary/aromatic N) is 2. The van der Waals surface area contributed by atoms with Gasteiger partial charge in [0.05, 0.1) is 10.7 Å². The van der Waals surface area contributed by atoms with Gasteiger partial charge < -0.3 is 20.0 Å². The number of anilines is 1. The second-order valence-electron chi connectivity index (χ2n) is 4.19. The van der Waals surface area contributed by atoms with Crippen molar-refractivity contribution in [2.75, 3.05) is 38.3 Å². The third kappa shape index (κ3) is 7.72. The van der Waals surface area contributed by atoms with Crippen molar-refractivity contribution in [1.29, 1.82) is 0 Å². The molecule has 0 aliphatic heterocycles.